The van der Waals surface area contributed by atoms with Gasteiger partial charge in [-0.3, -0.25) is 9.59 Å². The Bertz CT molecular complexity index is 436. The number of hydrogen-bond donors (Lipinski definition) is 2. The summed E-state index contributed by atoms with van der Waals surface area (Å²) in [5, 5.41) is 5.48. The number of rotatable bonds is 4. The van der Waals surface area contributed by atoms with Crippen LogP contribution in [0.1, 0.15) is 24.8 Å². The largest absolute Gasteiger partial charge is 0.359 e. The first kappa shape index (κ1) is 12.6. The molecule has 0 spiro atoms. The summed E-state index contributed by atoms with van der Waals surface area (Å²) in [4.78, 5) is 22.9. The number of hydrogen-bond acceptors (Lipinski definition) is 2. The minimum atomic E-state index is -0.0127. The summed E-state index contributed by atoms with van der Waals surface area (Å²) in [6, 6.07) is 7.42. The zero-order chi connectivity index (χ0) is 13.0. The number of likely N-dealkylation sites (N-methyl/N-ethyl adjacent to an activating group) is 1. The molecule has 18 heavy (non-hydrogen) atoms. The number of benzene rings is 1. The summed E-state index contributed by atoms with van der Waals surface area (Å²) in [5.74, 6) is 0.289. The van der Waals surface area contributed by atoms with E-state index in [0.29, 0.717) is 6.42 Å². The first-order valence-electron chi connectivity index (χ1n) is 6.29. The zero-order valence-electron chi connectivity index (χ0n) is 10.5. The van der Waals surface area contributed by atoms with Crippen LogP contribution >= 0.6 is 0 Å². The van der Waals surface area contributed by atoms with Gasteiger partial charge in [0.2, 0.25) is 11.8 Å². The van der Waals surface area contributed by atoms with Gasteiger partial charge in [-0.2, -0.15) is 0 Å². The minimum Gasteiger partial charge on any atom is -0.359 e. The van der Waals surface area contributed by atoms with Crippen LogP contribution in [0.15, 0.2) is 24.3 Å². The van der Waals surface area contributed by atoms with Crippen molar-refractivity contribution in [1.29, 1.82) is 0 Å². The predicted octanol–water partition coefficient (Wildman–Crippen LogP) is 1.71. The number of anilines is 1. The van der Waals surface area contributed by atoms with Crippen molar-refractivity contribution in [2.45, 2.75) is 25.7 Å². The van der Waals surface area contributed by atoms with Crippen LogP contribution < -0.4 is 10.6 Å². The van der Waals surface area contributed by atoms with Crippen LogP contribution in [0.25, 0.3) is 0 Å². The monoisotopic (exact) mass is 246 g/mol. The van der Waals surface area contributed by atoms with E-state index in [-0.39, 0.29) is 17.7 Å². The maximum atomic E-state index is 11.7. The molecule has 2 N–H and O–H groups in total. The third-order valence-electron chi connectivity index (χ3n) is 3.34. The highest BCUT2D eigenvalue weighted by molar-refractivity contribution is 5.93. The first-order chi connectivity index (χ1) is 8.69. The van der Waals surface area contributed by atoms with Gasteiger partial charge in [-0.05, 0) is 30.5 Å². The fourth-order valence-electron chi connectivity index (χ4n) is 1.89. The van der Waals surface area contributed by atoms with Gasteiger partial charge in [0.15, 0.2) is 0 Å². The Hall–Kier alpha value is -1.84. The molecule has 1 aliphatic rings. The van der Waals surface area contributed by atoms with Gasteiger partial charge in [0.25, 0.3) is 0 Å². The van der Waals surface area contributed by atoms with Crippen LogP contribution in [0.4, 0.5) is 5.69 Å². The number of nitrogens with one attached hydrogen (secondary N) is 2. The predicted molar refractivity (Wildman–Crippen MR) is 70.2 cm³/mol. The van der Waals surface area contributed by atoms with Crippen molar-refractivity contribution in [1.82, 2.24) is 5.32 Å². The SMILES string of the molecule is CNC(=O)Cc1ccc(NC(=O)C2CCC2)cc1. The van der Waals surface area contributed by atoms with Crippen LogP contribution in [0.2, 0.25) is 0 Å². The van der Waals surface area contributed by atoms with E-state index in [9.17, 15) is 9.59 Å². The van der Waals surface area contributed by atoms with Crippen molar-refractivity contribution < 1.29 is 9.59 Å². The van der Waals surface area contributed by atoms with Crippen molar-refractivity contribution >= 4 is 17.5 Å². The van der Waals surface area contributed by atoms with Gasteiger partial charge in [-0.15, -0.1) is 0 Å². The lowest BCUT2D eigenvalue weighted by molar-refractivity contribution is -0.122. The standard InChI is InChI=1S/C14H18N2O2/c1-15-13(17)9-10-5-7-12(8-6-10)16-14(18)11-3-2-4-11/h5-8,11H,2-4,9H2,1H3,(H,15,17)(H,16,18). The smallest absolute Gasteiger partial charge is 0.227 e. The number of carbonyl (C=O) groups is 2. The summed E-state index contributed by atoms with van der Waals surface area (Å²) < 4.78 is 0. The molecule has 0 saturated heterocycles. The van der Waals surface area contributed by atoms with E-state index in [1.807, 2.05) is 24.3 Å². The lowest BCUT2D eigenvalue weighted by Crippen LogP contribution is -2.28. The Balaban J connectivity index is 1.90. The van der Waals surface area contributed by atoms with Gasteiger partial charge >= 0.3 is 0 Å². The summed E-state index contributed by atoms with van der Waals surface area (Å²) in [7, 11) is 1.62. The first-order valence-corrected chi connectivity index (χ1v) is 6.29. The fourth-order valence-corrected chi connectivity index (χ4v) is 1.89. The molecule has 2 rings (SSSR count). The molecule has 1 saturated carbocycles. The molecule has 2 amide bonds. The molecule has 0 aromatic heterocycles. The van der Waals surface area contributed by atoms with Crippen LogP contribution in [0.3, 0.4) is 0 Å². The molecule has 0 atom stereocenters. The molecule has 0 aliphatic heterocycles. The molecule has 0 unspecified atom stereocenters. The maximum Gasteiger partial charge on any atom is 0.227 e. The number of amides is 2. The molecular formula is C14H18N2O2. The van der Waals surface area contributed by atoms with E-state index >= 15 is 0 Å². The van der Waals surface area contributed by atoms with E-state index in [1.165, 1.54) is 0 Å². The van der Waals surface area contributed by atoms with E-state index in [4.69, 9.17) is 0 Å². The average molecular weight is 246 g/mol. The van der Waals surface area contributed by atoms with E-state index in [2.05, 4.69) is 10.6 Å². The van der Waals surface area contributed by atoms with Gasteiger partial charge in [0.05, 0.1) is 6.42 Å². The normalized spacial score (nSPS) is 14.7. The molecule has 0 bridgehead atoms. The third-order valence-corrected chi connectivity index (χ3v) is 3.34. The highest BCUT2D eigenvalue weighted by Gasteiger charge is 2.24. The molecule has 96 valence electrons. The second-order valence-electron chi connectivity index (χ2n) is 4.66. The van der Waals surface area contributed by atoms with Crippen LogP contribution in [-0.4, -0.2) is 18.9 Å². The second kappa shape index (κ2) is 5.67. The second-order valence-corrected chi connectivity index (χ2v) is 4.66. The maximum absolute atomic E-state index is 11.7. The summed E-state index contributed by atoms with van der Waals surface area (Å²) in [6.07, 6.45) is 3.53. The summed E-state index contributed by atoms with van der Waals surface area (Å²) >= 11 is 0. The van der Waals surface area contributed by atoms with Gasteiger partial charge in [0, 0.05) is 18.7 Å². The average Bonchev–Trinajstić information content (AvgIpc) is 2.29. The summed E-state index contributed by atoms with van der Waals surface area (Å²) in [6.45, 7) is 0. The van der Waals surface area contributed by atoms with E-state index in [1.54, 1.807) is 7.05 Å². The Morgan fingerprint density at radius 2 is 1.89 bits per heavy atom. The van der Waals surface area contributed by atoms with Crippen LogP contribution in [-0.2, 0) is 16.0 Å². The number of carbonyl (C=O) groups excluding carboxylic acids is 2. The van der Waals surface area contributed by atoms with Crippen molar-refractivity contribution in [2.75, 3.05) is 12.4 Å². The molecule has 0 radical (unpaired) electrons. The van der Waals surface area contributed by atoms with Gasteiger partial charge < -0.3 is 10.6 Å². The van der Waals surface area contributed by atoms with Crippen molar-refractivity contribution in [2.24, 2.45) is 5.92 Å². The van der Waals surface area contributed by atoms with Crippen molar-refractivity contribution in [3.63, 3.8) is 0 Å². The third kappa shape index (κ3) is 3.09. The lowest BCUT2D eigenvalue weighted by atomic mass is 9.85. The Labute approximate surface area is 107 Å². The highest BCUT2D eigenvalue weighted by Crippen LogP contribution is 2.27. The quantitative estimate of drug-likeness (QED) is 0.849. The zero-order valence-corrected chi connectivity index (χ0v) is 10.5. The summed E-state index contributed by atoms with van der Waals surface area (Å²) in [5.41, 5.74) is 1.74. The minimum absolute atomic E-state index is 0.0127. The molecule has 1 fully saturated rings. The van der Waals surface area contributed by atoms with Crippen molar-refractivity contribution in [3.05, 3.63) is 29.8 Å². The molecule has 4 heteroatoms. The van der Waals surface area contributed by atoms with Gasteiger partial charge in [-0.1, -0.05) is 18.6 Å². The Morgan fingerprint density at radius 1 is 1.22 bits per heavy atom. The van der Waals surface area contributed by atoms with Crippen molar-refractivity contribution in [3.8, 4) is 0 Å². The Morgan fingerprint density at radius 3 is 2.39 bits per heavy atom. The lowest BCUT2D eigenvalue weighted by Gasteiger charge is -2.24. The highest BCUT2D eigenvalue weighted by atomic mass is 16.2. The fraction of sp³-hybridized carbons (Fsp3) is 0.429. The topological polar surface area (TPSA) is 58.2 Å². The van der Waals surface area contributed by atoms with E-state index in [0.717, 1.165) is 30.5 Å². The van der Waals surface area contributed by atoms with E-state index < -0.39 is 0 Å². The van der Waals surface area contributed by atoms with Gasteiger partial charge in [-0.25, -0.2) is 0 Å². The molecule has 1 aromatic carbocycles. The molecule has 1 aliphatic carbocycles. The molecule has 4 nitrogen and oxygen atoms in total. The molecule has 1 aromatic rings. The Kier molecular flexibility index (Phi) is 3.97. The van der Waals surface area contributed by atoms with Gasteiger partial charge in [0.1, 0.15) is 0 Å². The van der Waals surface area contributed by atoms with Crippen LogP contribution in [0, 0.1) is 5.92 Å². The molecular weight excluding hydrogens is 228 g/mol. The van der Waals surface area contributed by atoms with Crippen LogP contribution in [0.5, 0.6) is 0 Å². The molecule has 0 heterocycles.